The predicted octanol–water partition coefficient (Wildman–Crippen LogP) is 7.00. The molecule has 0 unspecified atom stereocenters. The van der Waals surface area contributed by atoms with Crippen LogP contribution in [-0.2, 0) is 10.0 Å². The summed E-state index contributed by atoms with van der Waals surface area (Å²) in [6.07, 6.45) is 0. The Morgan fingerprint density at radius 1 is 0.923 bits per heavy atom. The average Bonchev–Trinajstić information content (AvgIpc) is 2.89. The second kappa shape index (κ2) is 11.3. The fourth-order valence-corrected chi connectivity index (χ4v) is 5.68. The number of halogens is 1. The van der Waals surface area contributed by atoms with Crippen LogP contribution in [0.5, 0.6) is 11.5 Å². The highest BCUT2D eigenvalue weighted by Gasteiger charge is 2.24. The maximum atomic E-state index is 13.2. The molecule has 4 aromatic carbocycles. The van der Waals surface area contributed by atoms with Crippen LogP contribution in [0.15, 0.2) is 95.9 Å². The van der Waals surface area contributed by atoms with E-state index in [0.717, 1.165) is 0 Å². The molecule has 0 saturated heterocycles. The third-order valence-corrected chi connectivity index (χ3v) is 7.50. The van der Waals surface area contributed by atoms with Gasteiger partial charge in [0.25, 0.3) is 5.91 Å². The summed E-state index contributed by atoms with van der Waals surface area (Å²) in [6.45, 7) is 5.35. The van der Waals surface area contributed by atoms with E-state index in [1.165, 1.54) is 6.07 Å². The van der Waals surface area contributed by atoms with Crippen molar-refractivity contribution < 1.29 is 17.9 Å². The molecule has 198 valence electrons. The molecule has 0 spiro atoms. The number of nitriles is 1. The lowest BCUT2D eigenvalue weighted by atomic mass is 10.1. The van der Waals surface area contributed by atoms with Crippen LogP contribution in [0.4, 0.5) is 5.69 Å². The van der Waals surface area contributed by atoms with Crippen LogP contribution in [-0.4, -0.2) is 19.9 Å². The molecule has 0 heterocycles. The third kappa shape index (κ3) is 7.03. The van der Waals surface area contributed by atoms with Gasteiger partial charge in [0, 0.05) is 21.8 Å². The predicted molar refractivity (Wildman–Crippen MR) is 153 cm³/mol. The fraction of sp³-hybridized carbons (Fsp3) is 0.133. The van der Waals surface area contributed by atoms with Gasteiger partial charge in [-0.1, -0.05) is 48.0 Å². The molecule has 0 aliphatic heterocycles. The SMILES string of the molecule is CC(C)(C)NS(=O)(=O)c1ccccc1-c1ccc(NC(=O)c2cc(Cl)ccc2Oc2cccc(C#N)c2)cc1. The molecule has 0 aliphatic rings. The molecule has 0 saturated carbocycles. The molecule has 9 heteroatoms. The van der Waals surface area contributed by atoms with Crippen molar-refractivity contribution in [2.75, 3.05) is 5.32 Å². The second-order valence-corrected chi connectivity index (χ2v) is 11.9. The highest BCUT2D eigenvalue weighted by molar-refractivity contribution is 7.89. The first-order chi connectivity index (χ1) is 18.4. The summed E-state index contributed by atoms with van der Waals surface area (Å²) >= 11 is 6.16. The summed E-state index contributed by atoms with van der Waals surface area (Å²) in [5, 5.41) is 12.3. The summed E-state index contributed by atoms with van der Waals surface area (Å²) in [5.74, 6) is 0.229. The molecule has 0 atom stereocenters. The number of carbonyl (C=O) groups is 1. The molecule has 0 aromatic heterocycles. The van der Waals surface area contributed by atoms with Gasteiger partial charge in [-0.2, -0.15) is 5.26 Å². The van der Waals surface area contributed by atoms with Crippen LogP contribution in [0.25, 0.3) is 11.1 Å². The number of anilines is 1. The summed E-state index contributed by atoms with van der Waals surface area (Å²) in [4.78, 5) is 13.3. The molecule has 4 rings (SSSR count). The van der Waals surface area contributed by atoms with E-state index in [9.17, 15) is 13.2 Å². The molecule has 0 fully saturated rings. The standard InChI is InChI=1S/C30H26ClN3O4S/c1-30(2,3)34-39(36,37)28-10-5-4-9-25(28)21-11-14-23(15-12-21)33-29(35)26-18-22(31)13-16-27(26)38-24-8-6-7-20(17-24)19-32/h4-18,34H,1-3H3,(H,33,35). The number of benzene rings is 4. The number of nitrogens with one attached hydrogen (secondary N) is 2. The Hall–Kier alpha value is -4.16. The smallest absolute Gasteiger partial charge is 0.259 e. The fourth-order valence-electron chi connectivity index (χ4n) is 3.85. The number of rotatable bonds is 7. The minimum atomic E-state index is -3.77. The van der Waals surface area contributed by atoms with E-state index in [-0.39, 0.29) is 16.2 Å². The summed E-state index contributed by atoms with van der Waals surface area (Å²) in [5.41, 5.74) is 1.70. The van der Waals surface area contributed by atoms with Gasteiger partial charge in [-0.25, -0.2) is 13.1 Å². The van der Waals surface area contributed by atoms with Crippen molar-refractivity contribution in [2.24, 2.45) is 0 Å². The van der Waals surface area contributed by atoms with Gasteiger partial charge in [0.2, 0.25) is 10.0 Å². The number of nitrogens with zero attached hydrogens (tertiary/aromatic N) is 1. The number of hydrogen-bond donors (Lipinski definition) is 2. The molecule has 7 nitrogen and oxygen atoms in total. The van der Waals surface area contributed by atoms with Crippen molar-refractivity contribution in [3.05, 3.63) is 107 Å². The van der Waals surface area contributed by atoms with Crippen molar-refractivity contribution in [1.29, 1.82) is 5.26 Å². The Bertz CT molecular complexity index is 1670. The van der Waals surface area contributed by atoms with Crippen LogP contribution < -0.4 is 14.8 Å². The molecule has 2 N–H and O–H groups in total. The van der Waals surface area contributed by atoms with E-state index in [4.69, 9.17) is 21.6 Å². The lowest BCUT2D eigenvalue weighted by molar-refractivity contribution is 0.102. The molecular formula is C30H26ClN3O4S. The van der Waals surface area contributed by atoms with Gasteiger partial charge in [0.05, 0.1) is 22.1 Å². The Kier molecular flexibility index (Phi) is 8.07. The molecule has 0 bridgehead atoms. The van der Waals surface area contributed by atoms with Crippen molar-refractivity contribution in [3.8, 4) is 28.7 Å². The first-order valence-corrected chi connectivity index (χ1v) is 13.8. The van der Waals surface area contributed by atoms with Crippen molar-refractivity contribution in [1.82, 2.24) is 4.72 Å². The number of carbonyl (C=O) groups excluding carboxylic acids is 1. The Morgan fingerprint density at radius 2 is 1.64 bits per heavy atom. The van der Waals surface area contributed by atoms with Crippen LogP contribution in [0, 0.1) is 11.3 Å². The molecule has 0 radical (unpaired) electrons. The van der Waals surface area contributed by atoms with E-state index in [2.05, 4.69) is 16.1 Å². The second-order valence-electron chi connectivity index (χ2n) is 9.77. The molecule has 4 aromatic rings. The molecule has 0 aliphatic carbocycles. The minimum Gasteiger partial charge on any atom is -0.456 e. The van der Waals surface area contributed by atoms with E-state index in [1.807, 2.05) is 0 Å². The van der Waals surface area contributed by atoms with E-state index >= 15 is 0 Å². The highest BCUT2D eigenvalue weighted by Crippen LogP contribution is 2.31. The quantitative estimate of drug-likeness (QED) is 0.253. The maximum Gasteiger partial charge on any atom is 0.259 e. The van der Waals surface area contributed by atoms with Gasteiger partial charge < -0.3 is 10.1 Å². The minimum absolute atomic E-state index is 0.165. The summed E-state index contributed by atoms with van der Waals surface area (Å²) in [6, 6.07) is 27.0. The third-order valence-electron chi connectivity index (χ3n) is 5.45. The molecule has 1 amide bonds. The summed E-state index contributed by atoms with van der Waals surface area (Å²) in [7, 11) is -3.77. The van der Waals surface area contributed by atoms with Gasteiger partial charge in [-0.15, -0.1) is 0 Å². The van der Waals surface area contributed by atoms with Crippen molar-refractivity contribution in [2.45, 2.75) is 31.2 Å². The first-order valence-electron chi connectivity index (χ1n) is 12.0. The van der Waals surface area contributed by atoms with Crippen LogP contribution in [0.2, 0.25) is 5.02 Å². The van der Waals surface area contributed by atoms with Crippen molar-refractivity contribution >= 4 is 33.2 Å². The Morgan fingerprint density at radius 3 is 2.33 bits per heavy atom. The Balaban J connectivity index is 1.58. The van der Waals surface area contributed by atoms with Crippen LogP contribution in [0.3, 0.4) is 0 Å². The largest absolute Gasteiger partial charge is 0.456 e. The topological polar surface area (TPSA) is 108 Å². The molecular weight excluding hydrogens is 534 g/mol. The number of ether oxygens (including phenoxy) is 1. The monoisotopic (exact) mass is 559 g/mol. The highest BCUT2D eigenvalue weighted by atomic mass is 35.5. The number of hydrogen-bond acceptors (Lipinski definition) is 5. The normalized spacial score (nSPS) is 11.5. The lowest BCUT2D eigenvalue weighted by Crippen LogP contribution is -2.40. The van der Waals surface area contributed by atoms with Gasteiger partial charge in [-0.3, -0.25) is 4.79 Å². The number of sulfonamides is 1. The van der Waals surface area contributed by atoms with E-state index < -0.39 is 21.5 Å². The van der Waals surface area contributed by atoms with Gasteiger partial charge in [0.15, 0.2) is 0 Å². The van der Waals surface area contributed by atoms with Crippen LogP contribution >= 0.6 is 11.6 Å². The summed E-state index contributed by atoms with van der Waals surface area (Å²) < 4.78 is 34.6. The average molecular weight is 560 g/mol. The van der Waals surface area contributed by atoms with E-state index in [1.54, 1.807) is 106 Å². The zero-order chi connectivity index (χ0) is 28.2. The lowest BCUT2D eigenvalue weighted by Gasteiger charge is -2.21. The van der Waals surface area contributed by atoms with E-state index in [0.29, 0.717) is 33.1 Å². The Labute approximate surface area is 233 Å². The maximum absolute atomic E-state index is 13.2. The van der Waals surface area contributed by atoms with Gasteiger partial charge >= 0.3 is 0 Å². The van der Waals surface area contributed by atoms with Crippen LogP contribution in [0.1, 0.15) is 36.7 Å². The van der Waals surface area contributed by atoms with Crippen molar-refractivity contribution in [3.63, 3.8) is 0 Å². The first kappa shape index (κ1) is 27.9. The molecule has 39 heavy (non-hydrogen) atoms. The zero-order valence-electron chi connectivity index (χ0n) is 21.5. The van der Waals surface area contributed by atoms with Gasteiger partial charge in [0.1, 0.15) is 11.5 Å². The zero-order valence-corrected chi connectivity index (χ0v) is 23.1. The van der Waals surface area contributed by atoms with Gasteiger partial charge in [-0.05, 0) is 80.9 Å². The number of amides is 1.